The van der Waals surface area contributed by atoms with E-state index in [1.54, 1.807) is 0 Å². The zero-order valence-corrected chi connectivity index (χ0v) is 10.7. The molecule has 1 aliphatic carbocycles. The molecule has 1 saturated carbocycles. The van der Waals surface area contributed by atoms with E-state index in [0.29, 0.717) is 0 Å². The van der Waals surface area contributed by atoms with Crippen molar-refractivity contribution in [3.05, 3.63) is 0 Å². The number of hydrogen-bond acceptors (Lipinski definition) is 1. The van der Waals surface area contributed by atoms with E-state index in [0.717, 1.165) is 25.7 Å². The van der Waals surface area contributed by atoms with Crippen LogP contribution < -0.4 is 0 Å². The van der Waals surface area contributed by atoms with Crippen LogP contribution in [0.5, 0.6) is 0 Å². The molecule has 1 fully saturated rings. The fourth-order valence-electron chi connectivity index (χ4n) is 2.56. The molecule has 92 valence electrons. The van der Waals surface area contributed by atoms with Crippen LogP contribution in [0.1, 0.15) is 77.6 Å². The first-order chi connectivity index (χ1) is 7.77. The van der Waals surface area contributed by atoms with Gasteiger partial charge in [-0.3, -0.25) is 0 Å². The van der Waals surface area contributed by atoms with E-state index in [2.05, 4.69) is 11.8 Å². The van der Waals surface area contributed by atoms with Gasteiger partial charge in [0.2, 0.25) is 0 Å². The number of rotatable bonds is 0. The molecular formula is C15H26O. The van der Waals surface area contributed by atoms with Crippen LogP contribution in [0.15, 0.2) is 0 Å². The van der Waals surface area contributed by atoms with Crippen LogP contribution in [0.4, 0.5) is 0 Å². The summed E-state index contributed by atoms with van der Waals surface area (Å²) in [5.74, 6) is 5.91. The van der Waals surface area contributed by atoms with Crippen molar-refractivity contribution in [2.24, 2.45) is 0 Å². The van der Waals surface area contributed by atoms with Crippen LogP contribution in [0, 0.1) is 11.8 Å². The molecule has 0 bridgehead atoms. The minimum Gasteiger partial charge on any atom is -0.378 e. The molecule has 0 atom stereocenters. The molecular weight excluding hydrogens is 196 g/mol. The third-order valence-corrected chi connectivity index (χ3v) is 3.54. The third-order valence-electron chi connectivity index (χ3n) is 3.54. The second-order valence-electron chi connectivity index (χ2n) is 5.09. The van der Waals surface area contributed by atoms with Crippen molar-refractivity contribution in [3.8, 4) is 11.8 Å². The molecule has 1 N–H and O–H groups in total. The molecule has 0 aromatic rings. The van der Waals surface area contributed by atoms with Crippen LogP contribution in [-0.2, 0) is 0 Å². The highest BCUT2D eigenvalue weighted by atomic mass is 16.3. The molecule has 1 nitrogen and oxygen atoms in total. The molecule has 0 aromatic carbocycles. The van der Waals surface area contributed by atoms with E-state index >= 15 is 0 Å². The van der Waals surface area contributed by atoms with Gasteiger partial charge in [0, 0.05) is 0 Å². The first-order valence-electron chi connectivity index (χ1n) is 6.93. The van der Waals surface area contributed by atoms with Crippen molar-refractivity contribution in [1.82, 2.24) is 0 Å². The Kier molecular flexibility index (Phi) is 6.57. The van der Waals surface area contributed by atoms with Crippen LogP contribution in [-0.4, -0.2) is 10.7 Å². The average molecular weight is 222 g/mol. The van der Waals surface area contributed by atoms with Gasteiger partial charge in [0.1, 0.15) is 5.60 Å². The van der Waals surface area contributed by atoms with Crippen LogP contribution in [0.3, 0.4) is 0 Å². The highest BCUT2D eigenvalue weighted by molar-refractivity contribution is 5.12. The second-order valence-corrected chi connectivity index (χ2v) is 5.09. The Morgan fingerprint density at radius 1 is 0.750 bits per heavy atom. The van der Waals surface area contributed by atoms with Crippen LogP contribution in [0.25, 0.3) is 0 Å². The fourth-order valence-corrected chi connectivity index (χ4v) is 2.56. The summed E-state index contributed by atoms with van der Waals surface area (Å²) in [7, 11) is 0. The van der Waals surface area contributed by atoms with Gasteiger partial charge in [-0.25, -0.2) is 0 Å². The zero-order valence-electron chi connectivity index (χ0n) is 10.7. The highest BCUT2D eigenvalue weighted by Crippen LogP contribution is 2.24. The van der Waals surface area contributed by atoms with Gasteiger partial charge < -0.3 is 5.11 Å². The SMILES string of the molecule is CC#CC1(O)CCCCCCCCCCC1. The van der Waals surface area contributed by atoms with E-state index < -0.39 is 5.60 Å². The maximum atomic E-state index is 10.4. The summed E-state index contributed by atoms with van der Waals surface area (Å²) in [5.41, 5.74) is -0.687. The minimum atomic E-state index is -0.687. The minimum absolute atomic E-state index is 0.687. The van der Waals surface area contributed by atoms with Gasteiger partial charge in [0.15, 0.2) is 0 Å². The summed E-state index contributed by atoms with van der Waals surface area (Å²) in [4.78, 5) is 0. The molecule has 0 unspecified atom stereocenters. The maximum Gasteiger partial charge on any atom is 0.125 e. The van der Waals surface area contributed by atoms with Gasteiger partial charge in [-0.2, -0.15) is 0 Å². The Morgan fingerprint density at radius 3 is 1.50 bits per heavy atom. The summed E-state index contributed by atoms with van der Waals surface area (Å²) < 4.78 is 0. The average Bonchev–Trinajstić information content (AvgIpc) is 2.24. The molecule has 0 amide bonds. The Morgan fingerprint density at radius 2 is 1.12 bits per heavy atom. The van der Waals surface area contributed by atoms with Gasteiger partial charge in [0.25, 0.3) is 0 Å². The van der Waals surface area contributed by atoms with Crippen molar-refractivity contribution >= 4 is 0 Å². The molecule has 1 aliphatic rings. The van der Waals surface area contributed by atoms with E-state index in [9.17, 15) is 5.11 Å². The topological polar surface area (TPSA) is 20.2 Å². The Bertz CT molecular complexity index is 222. The second kappa shape index (κ2) is 7.74. The lowest BCUT2D eigenvalue weighted by Crippen LogP contribution is -2.26. The smallest absolute Gasteiger partial charge is 0.125 e. The summed E-state index contributed by atoms with van der Waals surface area (Å²) in [6.45, 7) is 1.83. The molecule has 1 heteroatoms. The Balaban J connectivity index is 2.44. The van der Waals surface area contributed by atoms with Crippen molar-refractivity contribution in [1.29, 1.82) is 0 Å². The monoisotopic (exact) mass is 222 g/mol. The lowest BCUT2D eigenvalue weighted by molar-refractivity contribution is 0.0758. The zero-order chi connectivity index (χ0) is 11.7. The number of aliphatic hydroxyl groups is 1. The van der Waals surface area contributed by atoms with Crippen molar-refractivity contribution in [2.75, 3.05) is 0 Å². The van der Waals surface area contributed by atoms with Gasteiger partial charge in [-0.15, -0.1) is 5.92 Å². The summed E-state index contributed by atoms with van der Waals surface area (Å²) in [6, 6.07) is 0. The van der Waals surface area contributed by atoms with Gasteiger partial charge >= 0.3 is 0 Å². The van der Waals surface area contributed by atoms with Crippen molar-refractivity contribution in [2.45, 2.75) is 83.2 Å². The third kappa shape index (κ3) is 5.56. The first kappa shape index (κ1) is 13.6. The quantitative estimate of drug-likeness (QED) is 0.613. The lowest BCUT2D eigenvalue weighted by atomic mass is 9.89. The van der Waals surface area contributed by atoms with Gasteiger partial charge in [0.05, 0.1) is 0 Å². The first-order valence-corrected chi connectivity index (χ1v) is 6.93. The standard InChI is InChI=1S/C15H26O/c1-2-12-15(16)13-10-8-6-4-3-5-7-9-11-14-15/h16H,3-11,13-14H2,1H3. The lowest BCUT2D eigenvalue weighted by Gasteiger charge is -2.22. The van der Waals surface area contributed by atoms with Crippen molar-refractivity contribution in [3.63, 3.8) is 0 Å². The maximum absolute atomic E-state index is 10.4. The largest absolute Gasteiger partial charge is 0.378 e. The van der Waals surface area contributed by atoms with Crippen LogP contribution >= 0.6 is 0 Å². The molecule has 0 radical (unpaired) electrons. The van der Waals surface area contributed by atoms with E-state index in [-0.39, 0.29) is 0 Å². The molecule has 1 rings (SSSR count). The molecule has 0 spiro atoms. The van der Waals surface area contributed by atoms with Gasteiger partial charge in [-0.1, -0.05) is 50.9 Å². The van der Waals surface area contributed by atoms with Gasteiger partial charge in [-0.05, 0) is 32.6 Å². The molecule has 0 aliphatic heterocycles. The van der Waals surface area contributed by atoms with Crippen LogP contribution in [0.2, 0.25) is 0 Å². The summed E-state index contributed by atoms with van der Waals surface area (Å²) >= 11 is 0. The highest BCUT2D eigenvalue weighted by Gasteiger charge is 2.22. The normalized spacial score (nSPS) is 23.4. The predicted molar refractivity (Wildman–Crippen MR) is 69.2 cm³/mol. The predicted octanol–water partition coefficient (Wildman–Crippen LogP) is 4.05. The Labute approximate surface area is 101 Å². The van der Waals surface area contributed by atoms with E-state index in [4.69, 9.17) is 0 Å². The van der Waals surface area contributed by atoms with Crippen molar-refractivity contribution < 1.29 is 5.11 Å². The number of hydrogen-bond donors (Lipinski definition) is 1. The summed E-state index contributed by atoms with van der Waals surface area (Å²) in [5, 5.41) is 10.4. The molecule has 0 aromatic heterocycles. The Hall–Kier alpha value is -0.480. The van der Waals surface area contributed by atoms with E-state index in [1.807, 2.05) is 6.92 Å². The molecule has 16 heavy (non-hydrogen) atoms. The molecule has 0 saturated heterocycles. The fraction of sp³-hybridized carbons (Fsp3) is 0.867. The summed E-state index contributed by atoms with van der Waals surface area (Å²) in [6.07, 6.45) is 13.3. The molecule has 0 heterocycles. The van der Waals surface area contributed by atoms with E-state index in [1.165, 1.54) is 44.9 Å².